The van der Waals surface area contributed by atoms with Gasteiger partial charge in [0.1, 0.15) is 0 Å². The molecule has 2 amide bonds. The Morgan fingerprint density at radius 1 is 0.562 bits per heavy atom. The first-order valence-corrected chi connectivity index (χ1v) is 12.7. The van der Waals surface area contributed by atoms with Crippen LogP contribution in [-0.4, -0.2) is 32.4 Å². The van der Waals surface area contributed by atoms with E-state index < -0.39 is 0 Å². The van der Waals surface area contributed by atoms with Crippen molar-refractivity contribution >= 4 is 23.5 Å². The predicted molar refractivity (Wildman–Crippen MR) is 116 cm³/mol. The average Bonchev–Trinajstić information content (AvgIpc) is 2.73. The number of hydrogen-bond donors (Lipinski definition) is 2. The molecule has 32 heavy (non-hydrogen) atoms. The Balaban J connectivity index is 1.11. The molecule has 1 heterocycles. The lowest BCUT2D eigenvalue weighted by atomic mass is 9.49. The number of carbonyl (C=O) groups excluding carboxylic acids is 2. The van der Waals surface area contributed by atoms with E-state index in [4.69, 9.17) is 0 Å². The molecule has 8 bridgehead atoms. The highest BCUT2D eigenvalue weighted by atomic mass is 16.2. The van der Waals surface area contributed by atoms with Crippen LogP contribution < -0.4 is 10.6 Å². The Bertz CT molecular complexity index is 829. The Hall–Kier alpha value is -2.12. The summed E-state index contributed by atoms with van der Waals surface area (Å²) in [4.78, 5) is 27.0. The van der Waals surface area contributed by atoms with E-state index in [2.05, 4.69) is 31.3 Å². The molecule has 0 saturated heterocycles. The highest BCUT2D eigenvalue weighted by Crippen LogP contribution is 2.61. The fourth-order valence-corrected chi connectivity index (χ4v) is 9.65. The SMILES string of the molecule is O=C(Nc1nnnnc1NC(=O)C12CC3CC(CC(C3)C1)C2)C12CC3CC(CC(C3)C1)C2. The quantitative estimate of drug-likeness (QED) is 0.747. The minimum atomic E-state index is -0.291. The predicted octanol–water partition coefficient (Wildman–Crippen LogP) is 3.58. The Labute approximate surface area is 188 Å². The van der Waals surface area contributed by atoms with Crippen LogP contribution in [0.2, 0.25) is 0 Å². The second-order valence-electron chi connectivity index (χ2n) is 12.4. The van der Waals surface area contributed by atoms with E-state index in [-0.39, 0.29) is 34.3 Å². The van der Waals surface area contributed by atoms with Crippen molar-refractivity contribution in [3.05, 3.63) is 0 Å². The number of rotatable bonds is 4. The molecule has 8 saturated carbocycles. The van der Waals surface area contributed by atoms with Gasteiger partial charge in [-0.25, -0.2) is 0 Å². The Kier molecular flexibility index (Phi) is 4.05. The van der Waals surface area contributed by atoms with Gasteiger partial charge in [-0.1, -0.05) is 0 Å². The fraction of sp³-hybridized carbons (Fsp3) is 0.833. The van der Waals surface area contributed by atoms with Gasteiger partial charge in [-0.2, -0.15) is 0 Å². The lowest BCUT2D eigenvalue weighted by Crippen LogP contribution is -2.52. The molecule has 0 aromatic carbocycles. The monoisotopic (exact) mass is 436 g/mol. The minimum absolute atomic E-state index is 0.0317. The van der Waals surface area contributed by atoms with Crippen LogP contribution in [0.1, 0.15) is 77.0 Å². The topological polar surface area (TPSA) is 110 Å². The van der Waals surface area contributed by atoms with Crippen molar-refractivity contribution < 1.29 is 9.59 Å². The third-order valence-electron chi connectivity index (χ3n) is 10.1. The first kappa shape index (κ1) is 19.4. The second-order valence-corrected chi connectivity index (χ2v) is 12.4. The maximum Gasteiger partial charge on any atom is 0.231 e. The number of carbonyl (C=O) groups is 2. The smallest absolute Gasteiger partial charge is 0.231 e. The number of hydrogen-bond acceptors (Lipinski definition) is 6. The molecular formula is C24H32N6O2. The van der Waals surface area contributed by atoms with Gasteiger partial charge in [0.05, 0.1) is 10.8 Å². The van der Waals surface area contributed by atoms with E-state index in [0.717, 1.165) is 38.5 Å². The lowest BCUT2D eigenvalue weighted by Gasteiger charge is -2.55. The van der Waals surface area contributed by atoms with Gasteiger partial charge in [-0.15, -0.1) is 10.2 Å². The van der Waals surface area contributed by atoms with Crippen molar-refractivity contribution in [2.24, 2.45) is 46.3 Å². The molecule has 0 atom stereocenters. The van der Waals surface area contributed by atoms with Gasteiger partial charge in [0, 0.05) is 0 Å². The zero-order valence-electron chi connectivity index (χ0n) is 18.6. The molecule has 0 spiro atoms. The molecule has 1 aromatic rings. The van der Waals surface area contributed by atoms with Gasteiger partial charge in [0.2, 0.25) is 23.5 Å². The summed E-state index contributed by atoms with van der Waals surface area (Å²) in [7, 11) is 0. The Morgan fingerprint density at radius 3 is 1.12 bits per heavy atom. The largest absolute Gasteiger partial charge is 0.305 e. The lowest BCUT2D eigenvalue weighted by molar-refractivity contribution is -0.141. The molecular weight excluding hydrogens is 404 g/mol. The van der Waals surface area contributed by atoms with Crippen LogP contribution in [0.15, 0.2) is 0 Å². The van der Waals surface area contributed by atoms with E-state index in [1.807, 2.05) is 0 Å². The van der Waals surface area contributed by atoms with Crippen molar-refractivity contribution in [3.63, 3.8) is 0 Å². The zero-order chi connectivity index (χ0) is 21.5. The van der Waals surface area contributed by atoms with Crippen LogP contribution in [0.5, 0.6) is 0 Å². The summed E-state index contributed by atoms with van der Waals surface area (Å²) < 4.78 is 0. The van der Waals surface area contributed by atoms with Gasteiger partial charge < -0.3 is 10.6 Å². The number of aromatic nitrogens is 4. The van der Waals surface area contributed by atoms with Crippen molar-refractivity contribution in [3.8, 4) is 0 Å². The molecule has 8 aliphatic rings. The van der Waals surface area contributed by atoms with Gasteiger partial charge in [0.25, 0.3) is 0 Å². The molecule has 2 N–H and O–H groups in total. The van der Waals surface area contributed by atoms with Crippen LogP contribution in [0.25, 0.3) is 0 Å². The van der Waals surface area contributed by atoms with Crippen LogP contribution in [-0.2, 0) is 9.59 Å². The molecule has 8 heteroatoms. The van der Waals surface area contributed by atoms with E-state index in [0.29, 0.717) is 35.5 Å². The number of anilines is 2. The normalized spacial score (nSPS) is 45.1. The fourth-order valence-electron chi connectivity index (χ4n) is 9.65. The number of nitrogens with one attached hydrogen (secondary N) is 2. The van der Waals surface area contributed by atoms with Crippen LogP contribution in [0.4, 0.5) is 11.6 Å². The van der Waals surface area contributed by atoms with Crippen LogP contribution in [0.3, 0.4) is 0 Å². The second kappa shape index (κ2) is 6.70. The molecule has 1 aromatic heterocycles. The van der Waals surface area contributed by atoms with Crippen molar-refractivity contribution in [1.82, 2.24) is 20.6 Å². The summed E-state index contributed by atoms with van der Waals surface area (Å²) in [5.74, 6) is 4.67. The van der Waals surface area contributed by atoms with Crippen LogP contribution >= 0.6 is 0 Å². The van der Waals surface area contributed by atoms with E-state index in [1.54, 1.807) is 0 Å². The van der Waals surface area contributed by atoms with E-state index in [9.17, 15) is 9.59 Å². The number of nitrogens with zero attached hydrogens (tertiary/aromatic N) is 4. The highest BCUT2D eigenvalue weighted by Gasteiger charge is 2.56. The van der Waals surface area contributed by atoms with Gasteiger partial charge >= 0.3 is 0 Å². The van der Waals surface area contributed by atoms with Gasteiger partial charge in [-0.3, -0.25) is 9.59 Å². The molecule has 8 fully saturated rings. The maximum absolute atomic E-state index is 13.5. The average molecular weight is 437 g/mol. The third-order valence-corrected chi connectivity index (χ3v) is 10.1. The molecule has 0 aliphatic heterocycles. The van der Waals surface area contributed by atoms with Gasteiger partial charge in [0.15, 0.2) is 0 Å². The minimum Gasteiger partial charge on any atom is -0.305 e. The zero-order valence-corrected chi connectivity index (χ0v) is 18.6. The summed E-state index contributed by atoms with van der Waals surface area (Å²) in [5, 5.41) is 21.5. The van der Waals surface area contributed by atoms with Crippen molar-refractivity contribution in [2.75, 3.05) is 10.6 Å². The summed E-state index contributed by atoms with van der Waals surface area (Å²) in [6.45, 7) is 0. The summed E-state index contributed by atoms with van der Waals surface area (Å²) in [6.07, 6.45) is 13.6. The summed E-state index contributed by atoms with van der Waals surface area (Å²) >= 11 is 0. The molecule has 8 aliphatic carbocycles. The first-order chi connectivity index (χ1) is 15.5. The van der Waals surface area contributed by atoms with Crippen molar-refractivity contribution in [1.29, 1.82) is 0 Å². The Morgan fingerprint density at radius 2 is 0.844 bits per heavy atom. The maximum atomic E-state index is 13.5. The third kappa shape index (κ3) is 2.93. The van der Waals surface area contributed by atoms with E-state index >= 15 is 0 Å². The molecule has 0 radical (unpaired) electrons. The summed E-state index contributed by atoms with van der Waals surface area (Å²) in [6, 6.07) is 0. The summed E-state index contributed by atoms with van der Waals surface area (Å²) in [5.41, 5.74) is -0.582. The molecule has 9 rings (SSSR count). The first-order valence-electron chi connectivity index (χ1n) is 12.7. The van der Waals surface area contributed by atoms with E-state index in [1.165, 1.54) is 38.5 Å². The molecule has 170 valence electrons. The molecule has 8 nitrogen and oxygen atoms in total. The highest BCUT2D eigenvalue weighted by molar-refractivity contribution is 6.01. The number of amides is 2. The van der Waals surface area contributed by atoms with Crippen LogP contribution in [0, 0.1) is 46.3 Å². The van der Waals surface area contributed by atoms with Crippen molar-refractivity contribution in [2.45, 2.75) is 77.0 Å². The van der Waals surface area contributed by atoms with Gasteiger partial charge in [-0.05, 0) is 123 Å². The molecule has 0 unspecified atom stereocenters. The standard InChI is InChI=1S/C24H32N6O2/c31-21(23-7-13-1-14(8-23)3-15(2-13)9-23)25-19-20(28-30-29-27-19)26-22(32)24-10-16-4-17(11-24)6-18(5-16)12-24/h13-18H,1-12H2,(H,25,27,30,31)(H,26,28,29,32).